The summed E-state index contributed by atoms with van der Waals surface area (Å²) in [6, 6.07) is 0. The van der Waals surface area contributed by atoms with Gasteiger partial charge in [-0.15, -0.1) is 0 Å². The monoisotopic (exact) mass is 845 g/mol. The van der Waals surface area contributed by atoms with E-state index in [0.717, 1.165) is 19.4 Å². The van der Waals surface area contributed by atoms with Gasteiger partial charge in [0.2, 0.25) is 0 Å². The van der Waals surface area contributed by atoms with Crippen LogP contribution in [0.1, 0.15) is 287 Å². The molecule has 350 valence electrons. The minimum atomic E-state index is -4.04. The highest BCUT2D eigenvalue weighted by molar-refractivity contribution is 7.54. The Morgan fingerprint density at radius 1 is 0.414 bits per heavy atom. The van der Waals surface area contributed by atoms with Crippen LogP contribution in [-0.4, -0.2) is 47.4 Å². The van der Waals surface area contributed by atoms with Crippen LogP contribution in [0.3, 0.4) is 0 Å². The van der Waals surface area contributed by atoms with E-state index in [0.29, 0.717) is 26.1 Å². The summed E-state index contributed by atoms with van der Waals surface area (Å²) in [5, 5.41) is -1.31. The molecule has 1 N–H and O–H groups in total. The highest BCUT2D eigenvalue weighted by Gasteiger charge is 2.43. The summed E-state index contributed by atoms with van der Waals surface area (Å²) in [4.78, 5) is 10.9. The fraction of sp³-hybridized carbons (Fsp3) is 1.00. The van der Waals surface area contributed by atoms with Crippen LogP contribution in [0.15, 0.2) is 0 Å². The van der Waals surface area contributed by atoms with Crippen LogP contribution in [0.25, 0.3) is 0 Å². The number of hydrogen-bond donors (Lipinski definition) is 1. The number of hydrogen-bond acceptors (Lipinski definition) is 5. The smallest absolute Gasteiger partial charge is 0.359 e. The Morgan fingerprint density at radius 2 is 0.724 bits per heavy atom. The van der Waals surface area contributed by atoms with Crippen molar-refractivity contribution in [1.29, 1.82) is 0 Å². The van der Waals surface area contributed by atoms with Crippen LogP contribution < -0.4 is 0 Å². The largest absolute Gasteiger partial charge is 0.375 e. The molecule has 0 heterocycles. The van der Waals surface area contributed by atoms with Gasteiger partial charge in [0.25, 0.3) is 0 Å². The van der Waals surface area contributed by atoms with Crippen molar-refractivity contribution in [3.05, 3.63) is 0 Å². The molecule has 0 aliphatic rings. The average Bonchev–Trinajstić information content (AvgIpc) is 3.15. The van der Waals surface area contributed by atoms with Gasteiger partial charge in [0, 0.05) is 13.2 Å². The van der Waals surface area contributed by atoms with Crippen LogP contribution in [0.4, 0.5) is 0 Å². The van der Waals surface area contributed by atoms with Gasteiger partial charge in [-0.25, -0.2) is 0 Å². The highest BCUT2D eigenvalue weighted by Crippen LogP contribution is 2.57. The predicted molar refractivity (Wildman–Crippen MR) is 253 cm³/mol. The summed E-state index contributed by atoms with van der Waals surface area (Å²) in [6.45, 7) is 19.8. The molecule has 0 radical (unpaired) electrons. The molecule has 2 atom stereocenters. The van der Waals surface area contributed by atoms with Gasteiger partial charge in [-0.1, -0.05) is 213 Å². The van der Waals surface area contributed by atoms with Crippen molar-refractivity contribution in [1.82, 2.24) is 0 Å². The number of rotatable bonds is 46. The van der Waals surface area contributed by atoms with E-state index in [4.69, 9.17) is 18.7 Å². The number of ether oxygens (including phenoxy) is 3. The molecule has 0 aromatic carbocycles. The van der Waals surface area contributed by atoms with Crippen LogP contribution in [0.5, 0.6) is 0 Å². The zero-order valence-electron chi connectivity index (χ0n) is 40.9. The minimum absolute atomic E-state index is 0.207. The quantitative estimate of drug-likeness (QED) is 0.0486. The minimum Gasteiger partial charge on any atom is -0.375 e. The van der Waals surface area contributed by atoms with Crippen LogP contribution in [-0.2, 0) is 23.3 Å². The van der Waals surface area contributed by atoms with Crippen LogP contribution in [0, 0.1) is 0 Å². The van der Waals surface area contributed by atoms with Gasteiger partial charge in [-0.2, -0.15) is 0 Å². The van der Waals surface area contributed by atoms with Crippen LogP contribution in [0.2, 0.25) is 0 Å². The zero-order valence-corrected chi connectivity index (χ0v) is 41.8. The summed E-state index contributed by atoms with van der Waals surface area (Å²) >= 11 is 0. The second kappa shape index (κ2) is 37.6. The lowest BCUT2D eigenvalue weighted by molar-refractivity contribution is -0.0612. The Kier molecular flexibility index (Phi) is 37.6. The molecule has 0 aromatic heterocycles. The van der Waals surface area contributed by atoms with Gasteiger partial charge in [-0.05, 0) is 74.1 Å². The molecule has 0 amide bonds. The summed E-state index contributed by atoms with van der Waals surface area (Å²) in [7, 11) is -4.04. The van der Waals surface area contributed by atoms with E-state index >= 15 is 0 Å². The summed E-state index contributed by atoms with van der Waals surface area (Å²) in [6.07, 6.45) is 45.6. The summed E-state index contributed by atoms with van der Waals surface area (Å²) in [5.41, 5.74) is -0.558. The fourth-order valence-corrected chi connectivity index (χ4v) is 8.90. The topological polar surface area (TPSA) is 74.2 Å². The van der Waals surface area contributed by atoms with Crippen molar-refractivity contribution in [2.24, 2.45) is 0 Å². The molecule has 0 fully saturated rings. The van der Waals surface area contributed by atoms with Gasteiger partial charge in [0.15, 0.2) is 5.34 Å². The summed E-state index contributed by atoms with van der Waals surface area (Å²) in [5.74, 6) is 0. The normalized spacial score (nSPS) is 14.3. The van der Waals surface area contributed by atoms with Crippen LogP contribution >= 0.6 is 7.60 Å². The third-order valence-corrected chi connectivity index (χ3v) is 14.4. The Morgan fingerprint density at radius 3 is 1.10 bits per heavy atom. The maximum Gasteiger partial charge on any atom is 0.359 e. The van der Waals surface area contributed by atoms with Crippen molar-refractivity contribution in [2.45, 2.75) is 310 Å². The van der Waals surface area contributed by atoms with E-state index in [1.807, 2.05) is 6.92 Å². The van der Waals surface area contributed by atoms with E-state index in [1.54, 1.807) is 13.8 Å². The van der Waals surface area contributed by atoms with Gasteiger partial charge >= 0.3 is 7.60 Å². The maximum atomic E-state index is 13.3. The molecule has 0 spiro atoms. The van der Waals surface area contributed by atoms with Crippen molar-refractivity contribution in [2.75, 3.05) is 19.8 Å². The first-order valence-electron chi connectivity index (χ1n) is 25.6. The molecular formula is C51H105O6P. The molecule has 0 aromatic rings. The van der Waals surface area contributed by atoms with Gasteiger partial charge < -0.3 is 23.6 Å². The van der Waals surface area contributed by atoms with Gasteiger partial charge in [-0.3, -0.25) is 4.57 Å². The SMILES string of the molecule is CCCCCCCCCCCCCCCCCCOC(C)(C)CCOC(C)(C)P(=O)(O)OC(C)CCOC(C)(C)CCCCCCCCCCCCCCCCCC. The molecular weight excluding hydrogens is 740 g/mol. The van der Waals surface area contributed by atoms with E-state index < -0.39 is 19.0 Å². The standard InChI is InChI=1S/C51H105O6P/c1-10-12-14-16-18-20-22-24-26-28-30-32-34-36-38-40-43-49(4,5)55-46-42-48(3)57-58(52,53)51(8,9)56-47-44-50(6,7)54-45-41-39-37-35-33-31-29-27-25-23-21-19-17-15-13-11-2/h48H,10-47H2,1-9H3,(H,52,53). The lowest BCUT2D eigenvalue weighted by atomic mass is 9.99. The molecule has 0 aliphatic carbocycles. The van der Waals surface area contributed by atoms with Crippen molar-refractivity contribution in [3.8, 4) is 0 Å². The summed E-state index contributed by atoms with van der Waals surface area (Å²) < 4.78 is 37.5. The molecule has 2 unspecified atom stereocenters. The Hall–Kier alpha value is 0.0300. The molecule has 0 bridgehead atoms. The third-order valence-electron chi connectivity index (χ3n) is 12.3. The first kappa shape index (κ1) is 58.0. The van der Waals surface area contributed by atoms with E-state index in [2.05, 4.69) is 41.5 Å². The molecule has 0 saturated carbocycles. The fourth-order valence-electron chi connectivity index (χ4n) is 7.79. The first-order chi connectivity index (χ1) is 27.7. The van der Waals surface area contributed by atoms with E-state index in [-0.39, 0.29) is 11.2 Å². The average molecular weight is 845 g/mol. The molecule has 58 heavy (non-hydrogen) atoms. The molecule has 0 rings (SSSR count). The molecule has 0 saturated heterocycles. The Labute approximate surface area is 364 Å². The van der Waals surface area contributed by atoms with E-state index in [1.165, 1.54) is 199 Å². The third kappa shape index (κ3) is 36.7. The second-order valence-corrected chi connectivity index (χ2v) is 22.2. The maximum absolute atomic E-state index is 13.3. The van der Waals surface area contributed by atoms with Gasteiger partial charge in [0.1, 0.15) is 0 Å². The second-order valence-electron chi connectivity index (χ2n) is 19.8. The highest BCUT2D eigenvalue weighted by atomic mass is 31.2. The molecule has 6 nitrogen and oxygen atoms in total. The van der Waals surface area contributed by atoms with Gasteiger partial charge in [0.05, 0.1) is 23.9 Å². The Balaban J connectivity index is 3.94. The Bertz CT molecular complexity index is 921. The van der Waals surface area contributed by atoms with E-state index in [9.17, 15) is 9.46 Å². The van der Waals surface area contributed by atoms with Crippen molar-refractivity contribution < 1.29 is 28.2 Å². The zero-order chi connectivity index (χ0) is 43.3. The lowest BCUT2D eigenvalue weighted by Crippen LogP contribution is -2.32. The van der Waals surface area contributed by atoms with Crippen molar-refractivity contribution in [3.63, 3.8) is 0 Å². The number of unbranched alkanes of at least 4 members (excludes halogenated alkanes) is 30. The predicted octanol–water partition coefficient (Wildman–Crippen LogP) is 17.6. The molecule has 7 heteroatoms. The first-order valence-corrected chi connectivity index (χ1v) is 27.2. The van der Waals surface area contributed by atoms with Crippen molar-refractivity contribution >= 4 is 7.60 Å². The molecule has 0 aliphatic heterocycles. The lowest BCUT2D eigenvalue weighted by Gasteiger charge is -2.33.